The average Bonchev–Trinajstić information content (AvgIpc) is 3.15. The van der Waals surface area contributed by atoms with Gasteiger partial charge in [0.05, 0.1) is 26.5 Å². The first-order chi connectivity index (χ1) is 18.4. The zero-order valence-corrected chi connectivity index (χ0v) is 21.5. The Balaban J connectivity index is 1.59. The predicted octanol–water partition coefficient (Wildman–Crippen LogP) is 7.04. The number of nitrogens with zero attached hydrogens (tertiary/aromatic N) is 1. The van der Waals surface area contributed by atoms with Crippen molar-refractivity contribution < 1.29 is 28.2 Å². The summed E-state index contributed by atoms with van der Waals surface area (Å²) in [6, 6.07) is 16.1. The molecule has 0 saturated carbocycles. The van der Waals surface area contributed by atoms with Crippen molar-refractivity contribution in [3.8, 4) is 17.2 Å². The maximum absolute atomic E-state index is 14.4. The number of amides is 2. The number of phenols is 1. The van der Waals surface area contributed by atoms with Crippen LogP contribution in [0.15, 0.2) is 72.4 Å². The van der Waals surface area contributed by atoms with Gasteiger partial charge in [-0.3, -0.25) is 4.90 Å². The average molecular weight is 523 g/mol. The van der Waals surface area contributed by atoms with Crippen molar-refractivity contribution in [1.82, 2.24) is 4.90 Å². The number of hydrogen-bond donors (Lipinski definition) is 2. The van der Waals surface area contributed by atoms with Gasteiger partial charge < -0.3 is 19.9 Å². The summed E-state index contributed by atoms with van der Waals surface area (Å²) < 4.78 is 38.3. The fourth-order valence-corrected chi connectivity index (χ4v) is 4.78. The number of nitrogens with one attached hydrogen (secondary N) is 1. The molecule has 0 aromatic heterocycles. The molecule has 200 valence electrons. The SMILES string of the molecule is COc1cc(CN(C(=O)Nc2ccc(F)cc2F)C2=CCCC(Cc3ccccc3)CC2)cc(OC)c1O. The molecule has 3 aromatic rings. The molecule has 0 spiro atoms. The van der Waals surface area contributed by atoms with Crippen molar-refractivity contribution >= 4 is 11.7 Å². The van der Waals surface area contributed by atoms with Crippen LogP contribution >= 0.6 is 0 Å². The van der Waals surface area contributed by atoms with Crippen LogP contribution in [0.3, 0.4) is 0 Å². The number of aromatic hydroxyl groups is 1. The van der Waals surface area contributed by atoms with E-state index < -0.39 is 17.7 Å². The van der Waals surface area contributed by atoms with Crippen molar-refractivity contribution in [3.05, 3.63) is 95.2 Å². The van der Waals surface area contributed by atoms with Gasteiger partial charge >= 0.3 is 6.03 Å². The van der Waals surface area contributed by atoms with E-state index in [4.69, 9.17) is 9.47 Å². The Bertz CT molecular complexity index is 1270. The van der Waals surface area contributed by atoms with Crippen molar-refractivity contribution in [3.63, 3.8) is 0 Å². The van der Waals surface area contributed by atoms with Gasteiger partial charge in [-0.25, -0.2) is 13.6 Å². The van der Waals surface area contributed by atoms with E-state index in [0.717, 1.165) is 43.5 Å². The Morgan fingerprint density at radius 3 is 2.37 bits per heavy atom. The highest BCUT2D eigenvalue weighted by Gasteiger charge is 2.24. The fourth-order valence-electron chi connectivity index (χ4n) is 4.78. The summed E-state index contributed by atoms with van der Waals surface area (Å²) in [6.45, 7) is 0.122. The second-order valence-electron chi connectivity index (χ2n) is 9.36. The second-order valence-corrected chi connectivity index (χ2v) is 9.36. The molecule has 4 rings (SSSR count). The van der Waals surface area contributed by atoms with Gasteiger partial charge in [0, 0.05) is 11.8 Å². The standard InChI is InChI=1S/C30H32F2N2O4/c1-37-27-16-22(17-28(38-2)29(27)35)19-34(30(36)33-26-14-12-23(31)18-25(26)32)24-10-6-9-21(11-13-24)15-20-7-4-3-5-8-20/h3-5,7-8,10,12,14,16-18,21,35H,6,9,11,13,15,19H2,1-2H3,(H,33,36). The summed E-state index contributed by atoms with van der Waals surface area (Å²) in [7, 11) is 2.86. The molecular formula is C30H32F2N2O4. The third-order valence-electron chi connectivity index (χ3n) is 6.78. The lowest BCUT2D eigenvalue weighted by molar-refractivity contribution is 0.220. The minimum absolute atomic E-state index is 0.113. The van der Waals surface area contributed by atoms with E-state index in [0.29, 0.717) is 17.9 Å². The van der Waals surface area contributed by atoms with Gasteiger partial charge in [-0.05, 0) is 73.4 Å². The number of phenolic OH excluding ortho intramolecular Hbond substituents is 1. The van der Waals surface area contributed by atoms with E-state index in [1.807, 2.05) is 18.2 Å². The lowest BCUT2D eigenvalue weighted by Crippen LogP contribution is -2.34. The van der Waals surface area contributed by atoms with Crippen LogP contribution in [0, 0.1) is 17.6 Å². The fraction of sp³-hybridized carbons (Fsp3) is 0.300. The van der Waals surface area contributed by atoms with Gasteiger partial charge in [0.25, 0.3) is 0 Å². The molecule has 0 bridgehead atoms. The molecule has 1 atom stereocenters. The first-order valence-corrected chi connectivity index (χ1v) is 12.6. The number of hydrogen-bond acceptors (Lipinski definition) is 4. The zero-order chi connectivity index (χ0) is 27.1. The van der Waals surface area contributed by atoms with Crippen LogP contribution in [0.1, 0.15) is 36.8 Å². The second kappa shape index (κ2) is 12.4. The molecule has 8 heteroatoms. The monoisotopic (exact) mass is 522 g/mol. The number of urea groups is 1. The molecule has 38 heavy (non-hydrogen) atoms. The summed E-state index contributed by atoms with van der Waals surface area (Å²) in [5.41, 5.74) is 2.63. The maximum atomic E-state index is 14.4. The molecule has 3 aromatic carbocycles. The van der Waals surface area contributed by atoms with Crippen LogP contribution in [0.2, 0.25) is 0 Å². The molecule has 1 unspecified atom stereocenters. The normalized spacial score (nSPS) is 15.3. The van der Waals surface area contributed by atoms with Crippen LogP contribution < -0.4 is 14.8 Å². The van der Waals surface area contributed by atoms with Gasteiger partial charge in [0.1, 0.15) is 11.6 Å². The third-order valence-corrected chi connectivity index (χ3v) is 6.78. The van der Waals surface area contributed by atoms with Crippen LogP contribution in [0.25, 0.3) is 0 Å². The van der Waals surface area contributed by atoms with Crippen LogP contribution in [0.4, 0.5) is 19.3 Å². The number of carbonyl (C=O) groups excluding carboxylic acids is 1. The molecule has 0 aliphatic heterocycles. The number of allylic oxidation sites excluding steroid dienone is 2. The highest BCUT2D eigenvalue weighted by Crippen LogP contribution is 2.38. The minimum atomic E-state index is -0.857. The molecule has 6 nitrogen and oxygen atoms in total. The predicted molar refractivity (Wildman–Crippen MR) is 142 cm³/mol. The van der Waals surface area contributed by atoms with Crippen molar-refractivity contribution in [2.45, 2.75) is 38.6 Å². The van der Waals surface area contributed by atoms with Gasteiger partial charge in [-0.15, -0.1) is 0 Å². The molecule has 1 aliphatic carbocycles. The lowest BCUT2D eigenvalue weighted by atomic mass is 9.92. The number of carbonyl (C=O) groups is 1. The zero-order valence-electron chi connectivity index (χ0n) is 21.5. The first-order valence-electron chi connectivity index (χ1n) is 12.6. The maximum Gasteiger partial charge on any atom is 0.326 e. The molecule has 2 amide bonds. The minimum Gasteiger partial charge on any atom is -0.502 e. The molecule has 0 heterocycles. The lowest BCUT2D eigenvalue weighted by Gasteiger charge is -2.27. The first kappa shape index (κ1) is 27.0. The Labute approximate surface area is 221 Å². The highest BCUT2D eigenvalue weighted by atomic mass is 19.1. The van der Waals surface area contributed by atoms with Crippen LogP contribution in [0.5, 0.6) is 17.2 Å². The van der Waals surface area contributed by atoms with E-state index in [2.05, 4.69) is 23.5 Å². The number of benzene rings is 3. The number of ether oxygens (including phenoxy) is 2. The Morgan fingerprint density at radius 1 is 1.00 bits per heavy atom. The topological polar surface area (TPSA) is 71.0 Å². The number of methoxy groups -OCH3 is 2. The molecule has 2 N–H and O–H groups in total. The Kier molecular flexibility index (Phi) is 8.84. The molecule has 0 radical (unpaired) electrons. The highest BCUT2D eigenvalue weighted by molar-refractivity contribution is 5.90. The number of rotatable bonds is 8. The van der Waals surface area contributed by atoms with Crippen molar-refractivity contribution in [2.75, 3.05) is 19.5 Å². The number of anilines is 1. The van der Waals surface area contributed by atoms with E-state index >= 15 is 0 Å². The Hall–Kier alpha value is -4.07. The molecular weight excluding hydrogens is 490 g/mol. The van der Waals surface area contributed by atoms with Gasteiger partial charge in [0.15, 0.2) is 11.5 Å². The van der Waals surface area contributed by atoms with Crippen molar-refractivity contribution in [2.24, 2.45) is 5.92 Å². The van der Waals surface area contributed by atoms with Crippen molar-refractivity contribution in [1.29, 1.82) is 0 Å². The van der Waals surface area contributed by atoms with E-state index in [9.17, 15) is 18.7 Å². The molecule has 0 saturated heterocycles. The quantitative estimate of drug-likeness (QED) is 0.333. The smallest absolute Gasteiger partial charge is 0.326 e. The summed E-state index contributed by atoms with van der Waals surface area (Å²) in [4.78, 5) is 15.1. The van der Waals surface area contributed by atoms with E-state index in [-0.39, 0.29) is 29.5 Å². The van der Waals surface area contributed by atoms with E-state index in [1.54, 1.807) is 17.0 Å². The number of halogens is 2. The van der Waals surface area contributed by atoms with Gasteiger partial charge in [0.2, 0.25) is 5.75 Å². The van der Waals surface area contributed by atoms with Crippen LogP contribution in [-0.2, 0) is 13.0 Å². The summed E-state index contributed by atoms with van der Waals surface area (Å²) in [5, 5.41) is 12.9. The Morgan fingerprint density at radius 2 is 1.71 bits per heavy atom. The molecule has 0 fully saturated rings. The van der Waals surface area contributed by atoms with Gasteiger partial charge in [-0.1, -0.05) is 36.4 Å². The third kappa shape index (κ3) is 6.62. The largest absolute Gasteiger partial charge is 0.502 e. The summed E-state index contributed by atoms with van der Waals surface area (Å²) in [6.07, 6.45) is 6.34. The van der Waals surface area contributed by atoms with Crippen LogP contribution in [-0.4, -0.2) is 30.3 Å². The summed E-state index contributed by atoms with van der Waals surface area (Å²) >= 11 is 0. The van der Waals surface area contributed by atoms with Gasteiger partial charge in [-0.2, -0.15) is 0 Å². The molecule has 1 aliphatic rings. The summed E-state index contributed by atoms with van der Waals surface area (Å²) in [5.74, 6) is -0.843. The van der Waals surface area contributed by atoms with E-state index in [1.165, 1.54) is 25.8 Å².